The number of benzene rings is 4. The molecule has 0 bridgehead atoms. The predicted octanol–water partition coefficient (Wildman–Crippen LogP) is 7.54. The number of hydrogen-bond acceptors (Lipinski definition) is 2. The van der Waals surface area contributed by atoms with E-state index in [1.54, 1.807) is 12.1 Å². The molecule has 0 aromatic heterocycles. The van der Waals surface area contributed by atoms with Crippen LogP contribution in [-0.4, -0.2) is 12.7 Å². The van der Waals surface area contributed by atoms with Crippen LogP contribution in [0.25, 0.3) is 18.2 Å². The maximum atomic E-state index is 8.17. The third-order valence-electron chi connectivity index (χ3n) is 4.05. The Morgan fingerprint density at radius 2 is 0.875 bits per heavy atom. The summed E-state index contributed by atoms with van der Waals surface area (Å²) in [4.78, 5) is 0. The van der Waals surface area contributed by atoms with E-state index in [1.165, 1.54) is 16.7 Å². The smallest absolute Gasteiger partial charge is 0.537 e. The molecule has 0 aliphatic heterocycles. The number of rotatable bonds is 5. The van der Waals surface area contributed by atoms with Crippen LogP contribution in [-0.2, 0) is 0 Å². The van der Waals surface area contributed by atoms with Gasteiger partial charge in [0.15, 0.2) is 0 Å². The summed E-state index contributed by atoms with van der Waals surface area (Å²) in [6.07, 6.45) is 6.31. The second-order valence-corrected chi connectivity index (χ2v) is 7.11. The first kappa shape index (κ1) is 25.2. The Morgan fingerprint density at radius 1 is 0.531 bits per heavy atom. The molecule has 0 saturated heterocycles. The van der Waals surface area contributed by atoms with Crippen LogP contribution >= 0.6 is 22.6 Å². The molecule has 32 heavy (non-hydrogen) atoms. The molecule has 0 heterocycles. The van der Waals surface area contributed by atoms with Gasteiger partial charge in [-0.05, 0) is 39.0 Å². The van der Waals surface area contributed by atoms with E-state index in [9.17, 15) is 0 Å². The van der Waals surface area contributed by atoms with Gasteiger partial charge in [0.05, 0.1) is 5.75 Å². The minimum absolute atomic E-state index is 0.639. The molecule has 159 valence electrons. The van der Waals surface area contributed by atoms with E-state index in [4.69, 9.17) is 5.02 Å². The van der Waals surface area contributed by atoms with Gasteiger partial charge in [0.2, 0.25) is 0 Å². The molecule has 0 fully saturated rings. The fourth-order valence-electron chi connectivity index (χ4n) is 2.52. The lowest BCUT2D eigenvalue weighted by Crippen LogP contribution is -1.98. The zero-order chi connectivity index (χ0) is 22.7. The quantitative estimate of drug-likeness (QED) is 0.164. The Balaban J connectivity index is 0.000000178. The van der Waals surface area contributed by atoms with Gasteiger partial charge in [-0.15, -0.1) is 0 Å². The molecule has 1 radical (unpaired) electrons. The Hall–Kier alpha value is -3.09. The minimum Gasteiger partial charge on any atom is -0.537 e. The topological polar surface area (TPSA) is 29.5 Å². The van der Waals surface area contributed by atoms with Crippen LogP contribution in [0.1, 0.15) is 16.7 Å². The van der Waals surface area contributed by atoms with Gasteiger partial charge in [-0.1, -0.05) is 144 Å². The van der Waals surface area contributed by atoms with Crippen LogP contribution in [0, 0.1) is 0 Å². The molecule has 0 atom stereocenters. The average Bonchev–Trinajstić information content (AvgIpc) is 2.87. The molecule has 0 aliphatic carbocycles. The fourth-order valence-corrected chi connectivity index (χ4v) is 2.93. The summed E-state index contributed by atoms with van der Waals surface area (Å²) < 4.78 is 6.64. The van der Waals surface area contributed by atoms with Crippen molar-refractivity contribution in [1.29, 1.82) is 0 Å². The first-order chi connectivity index (χ1) is 15.8. The summed E-state index contributed by atoms with van der Waals surface area (Å²) in [5.41, 5.74) is 3.72. The molecule has 0 unspecified atom stereocenters. The van der Waals surface area contributed by atoms with Gasteiger partial charge in [-0.25, -0.2) is 0 Å². The number of para-hydroxylation sites is 1. The number of halogens is 1. The van der Waals surface area contributed by atoms with Crippen LogP contribution in [0.5, 0.6) is 5.75 Å². The van der Waals surface area contributed by atoms with Gasteiger partial charge in [-0.2, -0.15) is 0 Å². The molecular formula is C28H25BIO2. The molecule has 0 amide bonds. The first-order valence-electron chi connectivity index (χ1n) is 10.1. The monoisotopic (exact) mass is 531 g/mol. The normalized spacial score (nSPS) is 9.94. The summed E-state index contributed by atoms with van der Waals surface area (Å²) in [5, 5.41) is 8.17. The lowest BCUT2D eigenvalue weighted by Gasteiger charge is -1.97. The van der Waals surface area contributed by atoms with Gasteiger partial charge in [0, 0.05) is 0 Å². The minimum atomic E-state index is 0.639. The third kappa shape index (κ3) is 11.3. The van der Waals surface area contributed by atoms with Crippen molar-refractivity contribution in [2.45, 2.75) is 0 Å². The molecule has 4 aromatic rings. The molecule has 4 aromatic carbocycles. The van der Waals surface area contributed by atoms with Gasteiger partial charge in [0.25, 0.3) is 0 Å². The molecule has 0 saturated carbocycles. The Labute approximate surface area is 205 Å². The van der Waals surface area contributed by atoms with E-state index in [2.05, 4.69) is 81.9 Å². The van der Waals surface area contributed by atoms with E-state index in [1.807, 2.05) is 76.9 Å². The van der Waals surface area contributed by atoms with Gasteiger partial charge in [0.1, 0.15) is 0 Å². The van der Waals surface area contributed by atoms with Crippen molar-refractivity contribution in [3.8, 4) is 5.75 Å². The standard InChI is InChI=1S/C14H12.C8H7I.C6H6BO2/c1-3-7-13(8-4-1)11-12-14-9-5-2-6-10-14;9-7-6-8-4-2-1-3-5-8;8-7-9-6-4-2-1-3-5-6/h1-12H;1-7H;1-5,8H/b12-11+;7-6+;. The van der Waals surface area contributed by atoms with Crippen LogP contribution in [0.2, 0.25) is 0 Å². The molecule has 4 rings (SSSR count). The highest BCUT2D eigenvalue weighted by Crippen LogP contribution is 2.07. The molecule has 2 nitrogen and oxygen atoms in total. The molecular weight excluding hydrogens is 506 g/mol. The van der Waals surface area contributed by atoms with Crippen molar-refractivity contribution in [3.05, 3.63) is 142 Å². The summed E-state index contributed by atoms with van der Waals surface area (Å²) >= 11 is 2.21. The molecule has 0 spiro atoms. The average molecular weight is 531 g/mol. The lowest BCUT2D eigenvalue weighted by molar-refractivity contribution is 0.454. The van der Waals surface area contributed by atoms with Crippen molar-refractivity contribution in [1.82, 2.24) is 0 Å². The van der Waals surface area contributed by atoms with Gasteiger partial charge < -0.3 is 9.68 Å². The second kappa shape index (κ2) is 16.6. The van der Waals surface area contributed by atoms with Crippen LogP contribution in [0.15, 0.2) is 125 Å². The second-order valence-electron chi connectivity index (χ2n) is 6.39. The van der Waals surface area contributed by atoms with Gasteiger partial charge >= 0.3 is 7.69 Å². The summed E-state index contributed by atoms with van der Waals surface area (Å²) in [7, 11) is 0.662. The van der Waals surface area contributed by atoms with Crippen LogP contribution < -0.4 is 4.65 Å². The predicted molar refractivity (Wildman–Crippen MR) is 146 cm³/mol. The SMILES string of the molecule is C(=C\c1ccccc1)/c1ccccc1.I/C=C/c1ccccc1.O[B]Oc1ccccc1. The van der Waals surface area contributed by atoms with E-state index >= 15 is 0 Å². The lowest BCUT2D eigenvalue weighted by atomic mass is 10.1. The van der Waals surface area contributed by atoms with E-state index in [0.717, 1.165) is 0 Å². The van der Waals surface area contributed by atoms with Crippen molar-refractivity contribution >= 4 is 48.5 Å². The van der Waals surface area contributed by atoms with Crippen LogP contribution in [0.4, 0.5) is 0 Å². The van der Waals surface area contributed by atoms with E-state index in [0.29, 0.717) is 13.4 Å². The zero-order valence-electron chi connectivity index (χ0n) is 17.7. The Kier molecular flexibility index (Phi) is 13.1. The molecule has 4 heteroatoms. The molecule has 1 N–H and O–H groups in total. The third-order valence-corrected chi connectivity index (χ3v) is 4.41. The highest BCUT2D eigenvalue weighted by molar-refractivity contribution is 14.1. The van der Waals surface area contributed by atoms with Crippen molar-refractivity contribution in [3.63, 3.8) is 0 Å². The fraction of sp³-hybridized carbons (Fsp3) is 0. The summed E-state index contributed by atoms with van der Waals surface area (Å²) in [6.45, 7) is 0. The first-order valence-corrected chi connectivity index (χ1v) is 11.3. The van der Waals surface area contributed by atoms with Crippen LogP contribution in [0.3, 0.4) is 0 Å². The highest BCUT2D eigenvalue weighted by atomic mass is 127. The summed E-state index contributed by atoms with van der Waals surface area (Å²) in [5.74, 6) is 0.639. The van der Waals surface area contributed by atoms with Crippen molar-refractivity contribution in [2.24, 2.45) is 0 Å². The maximum Gasteiger partial charge on any atom is 0.569 e. The highest BCUT2D eigenvalue weighted by Gasteiger charge is 1.88. The summed E-state index contributed by atoms with van der Waals surface area (Å²) in [6, 6.07) is 39.9. The van der Waals surface area contributed by atoms with E-state index < -0.39 is 0 Å². The largest absolute Gasteiger partial charge is 0.569 e. The van der Waals surface area contributed by atoms with Crippen molar-refractivity contribution in [2.75, 3.05) is 0 Å². The number of hydrogen-bond donors (Lipinski definition) is 1. The van der Waals surface area contributed by atoms with Gasteiger partial charge in [-0.3, -0.25) is 0 Å². The maximum absolute atomic E-state index is 8.17. The Morgan fingerprint density at radius 3 is 1.22 bits per heavy atom. The van der Waals surface area contributed by atoms with Crippen molar-refractivity contribution < 1.29 is 9.68 Å². The molecule has 0 aliphatic rings. The van der Waals surface area contributed by atoms with E-state index in [-0.39, 0.29) is 0 Å². The Bertz CT molecular complexity index is 981. The zero-order valence-corrected chi connectivity index (χ0v) is 19.8.